The molecule has 2 aromatic carbocycles. The minimum absolute atomic E-state index is 0.361. The molecule has 0 fully saturated rings. The van der Waals surface area contributed by atoms with Gasteiger partial charge in [-0.25, -0.2) is 0 Å². The Hall–Kier alpha value is -0.730. The summed E-state index contributed by atoms with van der Waals surface area (Å²) in [7, 11) is 1.97. The van der Waals surface area contributed by atoms with Crippen molar-refractivity contribution in [1.29, 1.82) is 0 Å². The van der Waals surface area contributed by atoms with E-state index in [1.165, 1.54) is 5.56 Å². The van der Waals surface area contributed by atoms with Crippen molar-refractivity contribution in [3.8, 4) is 11.1 Å². The summed E-state index contributed by atoms with van der Waals surface area (Å²) in [6.45, 7) is 2.15. The van der Waals surface area contributed by atoms with Gasteiger partial charge in [-0.3, -0.25) is 0 Å². The number of benzene rings is 2. The van der Waals surface area contributed by atoms with Crippen molar-refractivity contribution in [2.45, 2.75) is 19.4 Å². The van der Waals surface area contributed by atoms with Gasteiger partial charge in [-0.1, -0.05) is 66.0 Å². The molecular weight excluding hydrogens is 313 g/mol. The lowest BCUT2D eigenvalue weighted by Crippen LogP contribution is -2.14. The van der Waals surface area contributed by atoms with Crippen LogP contribution < -0.4 is 5.32 Å². The zero-order chi connectivity index (χ0) is 14.7. The van der Waals surface area contributed by atoms with Gasteiger partial charge in [0.2, 0.25) is 0 Å². The first kappa shape index (κ1) is 15.7. The van der Waals surface area contributed by atoms with Gasteiger partial charge in [0.25, 0.3) is 0 Å². The van der Waals surface area contributed by atoms with Gasteiger partial charge in [0.15, 0.2) is 0 Å². The van der Waals surface area contributed by atoms with E-state index in [1.807, 2.05) is 19.2 Å². The van der Waals surface area contributed by atoms with Gasteiger partial charge in [-0.15, -0.1) is 0 Å². The van der Waals surface area contributed by atoms with E-state index in [9.17, 15) is 0 Å². The Morgan fingerprint density at radius 3 is 2.00 bits per heavy atom. The average molecular weight is 329 g/mol. The molecule has 0 aliphatic carbocycles. The summed E-state index contributed by atoms with van der Waals surface area (Å²) in [5, 5.41) is 4.96. The Kier molecular flexibility index (Phi) is 5.34. The fraction of sp³-hybridized carbons (Fsp3) is 0.250. The third-order valence-corrected chi connectivity index (χ3v) is 4.18. The molecule has 1 nitrogen and oxygen atoms in total. The van der Waals surface area contributed by atoms with Crippen molar-refractivity contribution in [2.24, 2.45) is 0 Å². The van der Waals surface area contributed by atoms with Gasteiger partial charge in [0.1, 0.15) is 0 Å². The first-order valence-electron chi connectivity index (χ1n) is 6.49. The normalized spacial score (nSPS) is 12.4. The molecule has 2 rings (SSSR count). The monoisotopic (exact) mass is 327 g/mol. The standard InChI is InChI=1S/C16H16Cl3N/c1-3-15(20-2)10-4-6-11(7-5-10)16-13(18)8-12(17)9-14(16)19/h4-9,15,20H,3H2,1-2H3. The molecule has 0 saturated carbocycles. The van der Waals surface area contributed by atoms with Crippen molar-refractivity contribution in [1.82, 2.24) is 5.32 Å². The van der Waals surface area contributed by atoms with Gasteiger partial charge in [-0.2, -0.15) is 0 Å². The van der Waals surface area contributed by atoms with Crippen molar-refractivity contribution < 1.29 is 0 Å². The lowest BCUT2D eigenvalue weighted by atomic mass is 9.99. The summed E-state index contributed by atoms with van der Waals surface area (Å²) in [5.41, 5.74) is 3.06. The maximum Gasteiger partial charge on any atom is 0.0514 e. The molecule has 0 spiro atoms. The first-order chi connectivity index (χ1) is 9.56. The maximum atomic E-state index is 6.24. The van der Waals surface area contributed by atoms with Crippen LogP contribution >= 0.6 is 34.8 Å². The van der Waals surface area contributed by atoms with Crippen LogP contribution in [-0.4, -0.2) is 7.05 Å². The number of halogens is 3. The lowest BCUT2D eigenvalue weighted by Gasteiger charge is -2.15. The fourth-order valence-electron chi connectivity index (χ4n) is 2.31. The minimum Gasteiger partial charge on any atom is -0.313 e. The first-order valence-corrected chi connectivity index (χ1v) is 7.62. The Bertz CT molecular complexity index is 566. The highest BCUT2D eigenvalue weighted by Crippen LogP contribution is 2.37. The molecule has 0 heterocycles. The smallest absolute Gasteiger partial charge is 0.0514 e. The second-order valence-corrected chi connectivity index (χ2v) is 5.87. The molecule has 1 unspecified atom stereocenters. The van der Waals surface area contributed by atoms with E-state index in [0.717, 1.165) is 17.5 Å². The molecule has 1 atom stereocenters. The lowest BCUT2D eigenvalue weighted by molar-refractivity contribution is 0.577. The van der Waals surface area contributed by atoms with E-state index in [-0.39, 0.29) is 0 Å². The van der Waals surface area contributed by atoms with E-state index in [1.54, 1.807) is 12.1 Å². The van der Waals surface area contributed by atoms with Crippen molar-refractivity contribution in [2.75, 3.05) is 7.05 Å². The van der Waals surface area contributed by atoms with Crippen LogP contribution in [0.4, 0.5) is 0 Å². The van der Waals surface area contributed by atoms with Crippen LogP contribution in [0.2, 0.25) is 15.1 Å². The molecule has 4 heteroatoms. The number of rotatable bonds is 4. The SMILES string of the molecule is CCC(NC)c1ccc(-c2c(Cl)cc(Cl)cc2Cl)cc1. The summed E-state index contributed by atoms with van der Waals surface area (Å²) in [4.78, 5) is 0. The predicted octanol–water partition coefficient (Wildman–Crippen LogP) is 5.98. The molecule has 0 amide bonds. The molecular formula is C16H16Cl3N. The van der Waals surface area contributed by atoms with E-state index in [2.05, 4.69) is 24.4 Å². The molecule has 2 aromatic rings. The van der Waals surface area contributed by atoms with Gasteiger partial charge < -0.3 is 5.32 Å². The summed E-state index contributed by atoms with van der Waals surface area (Å²) in [6, 6.07) is 12.1. The van der Waals surface area contributed by atoms with Crippen molar-refractivity contribution >= 4 is 34.8 Å². The zero-order valence-electron chi connectivity index (χ0n) is 11.4. The van der Waals surface area contributed by atoms with Crippen LogP contribution in [0.15, 0.2) is 36.4 Å². The summed E-state index contributed by atoms with van der Waals surface area (Å²) in [5.74, 6) is 0. The minimum atomic E-state index is 0.361. The molecule has 0 bridgehead atoms. The van der Waals surface area contributed by atoms with Crippen molar-refractivity contribution in [3.63, 3.8) is 0 Å². The third-order valence-electron chi connectivity index (χ3n) is 3.37. The van der Waals surface area contributed by atoms with Crippen LogP contribution in [0.1, 0.15) is 24.9 Å². The topological polar surface area (TPSA) is 12.0 Å². The number of hydrogen-bond donors (Lipinski definition) is 1. The fourth-order valence-corrected chi connectivity index (χ4v) is 3.34. The van der Waals surface area contributed by atoms with Crippen molar-refractivity contribution in [3.05, 3.63) is 57.0 Å². The second-order valence-electron chi connectivity index (χ2n) is 4.62. The average Bonchev–Trinajstić information content (AvgIpc) is 2.40. The maximum absolute atomic E-state index is 6.24. The van der Waals surface area contributed by atoms with Gasteiger partial charge in [0, 0.05) is 16.6 Å². The van der Waals surface area contributed by atoms with E-state index in [4.69, 9.17) is 34.8 Å². The van der Waals surface area contributed by atoms with Crippen LogP contribution in [0, 0.1) is 0 Å². The Labute approximate surface area is 134 Å². The number of nitrogens with one attached hydrogen (secondary N) is 1. The summed E-state index contributed by atoms with van der Waals surface area (Å²) in [6.07, 6.45) is 1.04. The van der Waals surface area contributed by atoms with Crippen LogP contribution in [0.3, 0.4) is 0 Å². The molecule has 0 saturated heterocycles. The predicted molar refractivity (Wildman–Crippen MR) is 89.0 cm³/mol. The van der Waals surface area contributed by atoms with Crippen LogP contribution in [-0.2, 0) is 0 Å². The molecule has 0 radical (unpaired) electrons. The molecule has 0 aromatic heterocycles. The largest absolute Gasteiger partial charge is 0.313 e. The Morgan fingerprint density at radius 2 is 1.55 bits per heavy atom. The number of hydrogen-bond acceptors (Lipinski definition) is 1. The summed E-state index contributed by atoms with van der Waals surface area (Å²) >= 11 is 18.4. The third kappa shape index (κ3) is 3.29. The van der Waals surface area contributed by atoms with Gasteiger partial charge >= 0.3 is 0 Å². The Morgan fingerprint density at radius 1 is 1.00 bits per heavy atom. The molecule has 0 aliphatic heterocycles. The zero-order valence-corrected chi connectivity index (χ0v) is 13.7. The highest BCUT2D eigenvalue weighted by Gasteiger charge is 2.11. The summed E-state index contributed by atoms with van der Waals surface area (Å²) < 4.78 is 0. The van der Waals surface area contributed by atoms with E-state index < -0.39 is 0 Å². The highest BCUT2D eigenvalue weighted by atomic mass is 35.5. The second kappa shape index (κ2) is 6.82. The van der Waals surface area contributed by atoms with E-state index >= 15 is 0 Å². The Balaban J connectivity index is 2.40. The van der Waals surface area contributed by atoms with Crippen LogP contribution in [0.5, 0.6) is 0 Å². The van der Waals surface area contributed by atoms with Gasteiger partial charge in [-0.05, 0) is 36.7 Å². The highest BCUT2D eigenvalue weighted by molar-refractivity contribution is 6.41. The molecule has 106 valence electrons. The quantitative estimate of drug-likeness (QED) is 0.727. The van der Waals surface area contributed by atoms with Gasteiger partial charge in [0.05, 0.1) is 10.0 Å². The van der Waals surface area contributed by atoms with Crippen LogP contribution in [0.25, 0.3) is 11.1 Å². The molecule has 1 N–H and O–H groups in total. The molecule has 20 heavy (non-hydrogen) atoms. The molecule has 0 aliphatic rings. The van der Waals surface area contributed by atoms with E-state index in [0.29, 0.717) is 21.1 Å².